The second-order valence-electron chi connectivity index (χ2n) is 6.10. The third kappa shape index (κ3) is 4.03. The standard InChI is InChI=1S/C16H14ClF4N5O2/c1-26-11(5-12(25-26)16(19,20)21)13(7-2-3-9(18)8(17)4-7)24-14(27)10-6-22-15(28)23-10/h2-5,10,13H,6H2,1H3,(H,24,27)(H2,22,23,28)/t10-,13-/m0/s1. The van der Waals surface area contributed by atoms with Gasteiger partial charge in [0.15, 0.2) is 5.69 Å². The van der Waals surface area contributed by atoms with Crippen LogP contribution in [-0.2, 0) is 18.0 Å². The zero-order valence-electron chi connectivity index (χ0n) is 14.3. The largest absolute Gasteiger partial charge is 0.435 e. The van der Waals surface area contributed by atoms with Gasteiger partial charge in [0.2, 0.25) is 5.91 Å². The fourth-order valence-electron chi connectivity index (χ4n) is 2.77. The molecule has 1 aliphatic heterocycles. The summed E-state index contributed by atoms with van der Waals surface area (Å²) in [5.41, 5.74) is -0.900. The van der Waals surface area contributed by atoms with E-state index in [1.165, 1.54) is 19.2 Å². The zero-order valence-corrected chi connectivity index (χ0v) is 15.0. The molecule has 0 unspecified atom stereocenters. The van der Waals surface area contributed by atoms with Gasteiger partial charge in [-0.1, -0.05) is 17.7 Å². The molecule has 3 rings (SSSR count). The summed E-state index contributed by atoms with van der Waals surface area (Å²) in [4.78, 5) is 23.7. The van der Waals surface area contributed by atoms with Crippen LogP contribution in [0.1, 0.15) is 23.0 Å². The molecule has 0 aliphatic carbocycles. The first-order valence-electron chi connectivity index (χ1n) is 7.97. The van der Waals surface area contributed by atoms with Gasteiger partial charge in [0.1, 0.15) is 11.9 Å². The van der Waals surface area contributed by atoms with Gasteiger partial charge in [-0.05, 0) is 23.8 Å². The molecule has 7 nitrogen and oxygen atoms in total. The first-order valence-corrected chi connectivity index (χ1v) is 8.35. The van der Waals surface area contributed by atoms with E-state index in [1.54, 1.807) is 0 Å². The van der Waals surface area contributed by atoms with Gasteiger partial charge in [0.05, 0.1) is 16.8 Å². The lowest BCUT2D eigenvalue weighted by atomic mass is 10.0. The lowest BCUT2D eigenvalue weighted by Gasteiger charge is -2.21. The van der Waals surface area contributed by atoms with E-state index < -0.39 is 41.7 Å². The summed E-state index contributed by atoms with van der Waals surface area (Å²) in [6, 6.07) is 1.75. The maximum Gasteiger partial charge on any atom is 0.435 e. The van der Waals surface area contributed by atoms with Gasteiger partial charge in [-0.3, -0.25) is 9.48 Å². The Hall–Kier alpha value is -2.82. The number of carbonyl (C=O) groups excluding carboxylic acids is 2. The van der Waals surface area contributed by atoms with E-state index in [9.17, 15) is 27.2 Å². The molecular weight excluding hydrogens is 406 g/mol. The number of alkyl halides is 3. The zero-order chi connectivity index (χ0) is 20.6. The topological polar surface area (TPSA) is 88.1 Å². The molecule has 1 aromatic carbocycles. The number of aromatic nitrogens is 2. The number of rotatable bonds is 4. The minimum atomic E-state index is -4.69. The van der Waals surface area contributed by atoms with Crippen LogP contribution in [-0.4, -0.2) is 34.3 Å². The van der Waals surface area contributed by atoms with E-state index in [0.717, 1.165) is 16.8 Å². The average molecular weight is 420 g/mol. The summed E-state index contributed by atoms with van der Waals surface area (Å²) in [6.07, 6.45) is -4.69. The summed E-state index contributed by atoms with van der Waals surface area (Å²) in [7, 11) is 1.29. The predicted molar refractivity (Wildman–Crippen MR) is 89.9 cm³/mol. The number of nitrogens with zero attached hydrogens (tertiary/aromatic N) is 2. The Morgan fingerprint density at radius 2 is 2.11 bits per heavy atom. The van der Waals surface area contributed by atoms with Gasteiger partial charge in [-0.15, -0.1) is 0 Å². The lowest BCUT2D eigenvalue weighted by molar-refractivity contribution is -0.141. The van der Waals surface area contributed by atoms with Crippen molar-refractivity contribution in [1.29, 1.82) is 0 Å². The molecule has 3 N–H and O–H groups in total. The number of aryl methyl sites for hydroxylation is 1. The number of nitrogens with one attached hydrogen (secondary N) is 3. The van der Waals surface area contributed by atoms with Crippen LogP contribution in [0.3, 0.4) is 0 Å². The number of amides is 3. The van der Waals surface area contributed by atoms with Crippen molar-refractivity contribution in [3.05, 3.63) is 52.1 Å². The fourth-order valence-corrected chi connectivity index (χ4v) is 2.96. The van der Waals surface area contributed by atoms with Gasteiger partial charge >= 0.3 is 12.2 Å². The molecule has 12 heteroatoms. The van der Waals surface area contributed by atoms with Crippen LogP contribution < -0.4 is 16.0 Å². The molecule has 2 heterocycles. The molecule has 3 amide bonds. The van der Waals surface area contributed by atoms with Gasteiger partial charge < -0.3 is 16.0 Å². The first kappa shape index (κ1) is 19.9. The molecule has 28 heavy (non-hydrogen) atoms. The van der Waals surface area contributed by atoms with Crippen molar-refractivity contribution in [3.63, 3.8) is 0 Å². The highest BCUT2D eigenvalue weighted by Crippen LogP contribution is 2.32. The number of hydrogen-bond acceptors (Lipinski definition) is 3. The minimum Gasteiger partial charge on any atom is -0.342 e. The van der Waals surface area contributed by atoms with Gasteiger partial charge in [0.25, 0.3) is 0 Å². The number of hydrogen-bond donors (Lipinski definition) is 3. The van der Waals surface area contributed by atoms with Crippen LogP contribution in [0.2, 0.25) is 5.02 Å². The average Bonchev–Trinajstić information content (AvgIpc) is 3.21. The summed E-state index contributed by atoms with van der Waals surface area (Å²) < 4.78 is 53.6. The molecule has 2 atom stereocenters. The van der Waals surface area contributed by atoms with Crippen molar-refractivity contribution in [2.45, 2.75) is 18.3 Å². The molecule has 1 aliphatic rings. The second-order valence-corrected chi connectivity index (χ2v) is 6.51. The number of urea groups is 1. The van der Waals surface area contributed by atoms with E-state index in [1.807, 2.05) is 0 Å². The third-order valence-corrected chi connectivity index (χ3v) is 4.44. The van der Waals surface area contributed by atoms with Crippen molar-refractivity contribution < 1.29 is 27.2 Å². The maximum absolute atomic E-state index is 13.5. The molecule has 0 radical (unpaired) electrons. The summed E-state index contributed by atoms with van der Waals surface area (Å²) in [5.74, 6) is -1.36. The highest BCUT2D eigenvalue weighted by atomic mass is 35.5. The first-order chi connectivity index (χ1) is 13.1. The number of benzene rings is 1. The van der Waals surface area contributed by atoms with Crippen molar-refractivity contribution in [1.82, 2.24) is 25.7 Å². The lowest BCUT2D eigenvalue weighted by Crippen LogP contribution is -2.44. The Morgan fingerprint density at radius 3 is 2.64 bits per heavy atom. The van der Waals surface area contributed by atoms with E-state index in [0.29, 0.717) is 0 Å². The van der Waals surface area contributed by atoms with Crippen molar-refractivity contribution in [2.75, 3.05) is 6.54 Å². The minimum absolute atomic E-state index is 0.000586. The SMILES string of the molecule is Cn1nc(C(F)(F)F)cc1[C@@H](NC(=O)[C@@H]1CNC(=O)N1)c1ccc(F)c(Cl)c1. The van der Waals surface area contributed by atoms with Gasteiger partial charge in [-0.25, -0.2) is 9.18 Å². The van der Waals surface area contributed by atoms with Crippen LogP contribution in [0.5, 0.6) is 0 Å². The Bertz CT molecular complexity index is 930. The van der Waals surface area contributed by atoms with Crippen molar-refractivity contribution >= 4 is 23.5 Å². The van der Waals surface area contributed by atoms with E-state index >= 15 is 0 Å². The highest BCUT2D eigenvalue weighted by Gasteiger charge is 2.37. The molecule has 150 valence electrons. The summed E-state index contributed by atoms with van der Waals surface area (Å²) in [5, 5.41) is 10.5. The number of carbonyl (C=O) groups is 2. The highest BCUT2D eigenvalue weighted by molar-refractivity contribution is 6.30. The van der Waals surface area contributed by atoms with Crippen molar-refractivity contribution in [3.8, 4) is 0 Å². The predicted octanol–water partition coefficient (Wildman–Crippen LogP) is 2.12. The van der Waals surface area contributed by atoms with Crippen LogP contribution >= 0.6 is 11.6 Å². The number of halogens is 5. The van der Waals surface area contributed by atoms with Crippen LogP contribution in [0.4, 0.5) is 22.4 Å². The van der Waals surface area contributed by atoms with Gasteiger partial charge in [-0.2, -0.15) is 18.3 Å². The smallest absolute Gasteiger partial charge is 0.342 e. The third-order valence-electron chi connectivity index (χ3n) is 4.15. The Kier molecular flexibility index (Phi) is 5.20. The summed E-state index contributed by atoms with van der Waals surface area (Å²) in [6.45, 7) is 0.0146. The van der Waals surface area contributed by atoms with E-state index in [-0.39, 0.29) is 22.8 Å². The van der Waals surface area contributed by atoms with Crippen LogP contribution in [0, 0.1) is 5.82 Å². The Morgan fingerprint density at radius 1 is 1.39 bits per heavy atom. The molecule has 1 aromatic heterocycles. The molecule has 0 spiro atoms. The Labute approximate surface area is 161 Å². The maximum atomic E-state index is 13.5. The normalized spacial score (nSPS) is 17.8. The van der Waals surface area contributed by atoms with Crippen LogP contribution in [0.25, 0.3) is 0 Å². The van der Waals surface area contributed by atoms with E-state index in [4.69, 9.17) is 11.6 Å². The van der Waals surface area contributed by atoms with Gasteiger partial charge in [0, 0.05) is 13.6 Å². The van der Waals surface area contributed by atoms with E-state index in [2.05, 4.69) is 21.0 Å². The molecule has 1 saturated heterocycles. The fraction of sp³-hybridized carbons (Fsp3) is 0.312. The molecule has 1 fully saturated rings. The molecule has 0 saturated carbocycles. The quantitative estimate of drug-likeness (QED) is 0.663. The van der Waals surface area contributed by atoms with Crippen molar-refractivity contribution in [2.24, 2.45) is 7.05 Å². The molecule has 0 bridgehead atoms. The second kappa shape index (κ2) is 7.30. The monoisotopic (exact) mass is 419 g/mol. The summed E-state index contributed by atoms with van der Waals surface area (Å²) >= 11 is 5.79. The Balaban J connectivity index is 1.99. The van der Waals surface area contributed by atoms with Crippen LogP contribution in [0.15, 0.2) is 24.3 Å². The molecule has 2 aromatic rings. The molecular formula is C16H14ClF4N5O2.